The first kappa shape index (κ1) is 9.77. The van der Waals surface area contributed by atoms with Crippen LogP contribution >= 0.6 is 0 Å². The second-order valence-electron chi connectivity index (χ2n) is 3.92. The Morgan fingerprint density at radius 3 is 2.71 bits per heavy atom. The number of hydrogen-bond donors (Lipinski definition) is 2. The van der Waals surface area contributed by atoms with E-state index in [1.54, 1.807) is 12.4 Å². The van der Waals surface area contributed by atoms with Gasteiger partial charge in [0, 0.05) is 12.6 Å². The molecule has 1 aromatic rings. The Hall–Kier alpha value is -2.43. The maximum atomic E-state index is 5.65. The zero-order chi connectivity index (χ0) is 11.8. The van der Waals surface area contributed by atoms with Crippen molar-refractivity contribution in [2.45, 2.75) is 6.42 Å². The van der Waals surface area contributed by atoms with Gasteiger partial charge in [-0.25, -0.2) is 9.97 Å². The fourth-order valence-electron chi connectivity index (χ4n) is 1.86. The van der Waals surface area contributed by atoms with E-state index in [0.29, 0.717) is 0 Å². The van der Waals surface area contributed by atoms with Gasteiger partial charge >= 0.3 is 0 Å². The predicted molar refractivity (Wildman–Crippen MR) is 68.1 cm³/mol. The molecule has 1 aliphatic carbocycles. The summed E-state index contributed by atoms with van der Waals surface area (Å²) in [6.45, 7) is 0. The summed E-state index contributed by atoms with van der Waals surface area (Å²) in [6, 6.07) is 0. The van der Waals surface area contributed by atoms with Crippen LogP contribution in [0.2, 0.25) is 0 Å². The van der Waals surface area contributed by atoms with Crippen LogP contribution in [0.1, 0.15) is 12.1 Å². The number of anilines is 2. The van der Waals surface area contributed by atoms with Crippen molar-refractivity contribution in [1.29, 1.82) is 0 Å². The molecule has 84 valence electrons. The van der Waals surface area contributed by atoms with Crippen molar-refractivity contribution in [1.82, 2.24) is 9.97 Å². The fraction of sp³-hybridized carbons (Fsp3) is 0.0833. The van der Waals surface area contributed by atoms with Crippen molar-refractivity contribution in [3.63, 3.8) is 0 Å². The van der Waals surface area contributed by atoms with Gasteiger partial charge < -0.3 is 11.5 Å². The molecule has 5 heteroatoms. The van der Waals surface area contributed by atoms with Gasteiger partial charge in [0.2, 0.25) is 0 Å². The number of nitrogens with two attached hydrogens (primary N) is 2. The number of aliphatic imine (C=N–C) groups is 1. The third kappa shape index (κ3) is 1.61. The van der Waals surface area contributed by atoms with Gasteiger partial charge in [0.25, 0.3) is 0 Å². The number of hydrogen-bond acceptors (Lipinski definition) is 5. The number of nitrogens with zero attached hydrogens (tertiary/aromatic N) is 3. The standard InChI is InChI=1S/C12H11N5/c13-11-12(14)17-10(6-16-11)7-1-2-9-8(5-7)3-4-15-9/h1-4,6H,5H2,(H2,13,16)(H2,14,17). The summed E-state index contributed by atoms with van der Waals surface area (Å²) in [5.74, 6) is 0.541. The van der Waals surface area contributed by atoms with E-state index >= 15 is 0 Å². The first-order valence-electron chi connectivity index (χ1n) is 5.27. The van der Waals surface area contributed by atoms with Crippen LogP contribution in [0.4, 0.5) is 11.6 Å². The van der Waals surface area contributed by atoms with Crippen molar-refractivity contribution in [2.75, 3.05) is 11.5 Å². The zero-order valence-electron chi connectivity index (χ0n) is 9.09. The molecule has 3 rings (SSSR count). The Morgan fingerprint density at radius 1 is 1.00 bits per heavy atom. The van der Waals surface area contributed by atoms with Gasteiger partial charge in [-0.2, -0.15) is 0 Å². The van der Waals surface area contributed by atoms with Gasteiger partial charge in [-0.3, -0.25) is 4.99 Å². The Kier molecular flexibility index (Phi) is 2.04. The van der Waals surface area contributed by atoms with Crippen LogP contribution in [-0.2, 0) is 0 Å². The minimum absolute atomic E-state index is 0.268. The maximum absolute atomic E-state index is 5.65. The monoisotopic (exact) mass is 225 g/mol. The normalized spacial score (nSPS) is 17.3. The average Bonchev–Trinajstić information content (AvgIpc) is 2.79. The molecule has 1 aliphatic heterocycles. The van der Waals surface area contributed by atoms with Gasteiger partial charge in [0.15, 0.2) is 11.6 Å². The van der Waals surface area contributed by atoms with Crippen molar-refractivity contribution in [3.05, 3.63) is 41.4 Å². The summed E-state index contributed by atoms with van der Waals surface area (Å²) in [5.41, 5.74) is 15.2. The number of rotatable bonds is 1. The first-order chi connectivity index (χ1) is 8.24. The summed E-state index contributed by atoms with van der Waals surface area (Å²) in [4.78, 5) is 12.5. The highest BCUT2D eigenvalue weighted by atomic mass is 15.0. The lowest BCUT2D eigenvalue weighted by molar-refractivity contribution is 1.13. The van der Waals surface area contributed by atoms with Crippen LogP contribution in [0.5, 0.6) is 0 Å². The molecule has 0 aromatic carbocycles. The third-order valence-corrected chi connectivity index (χ3v) is 2.80. The largest absolute Gasteiger partial charge is 0.381 e. The van der Waals surface area contributed by atoms with Crippen molar-refractivity contribution in [3.8, 4) is 0 Å². The summed E-state index contributed by atoms with van der Waals surface area (Å²) in [5, 5.41) is 0. The lowest BCUT2D eigenvalue weighted by Gasteiger charge is -2.13. The Balaban J connectivity index is 1.98. The molecule has 0 atom stereocenters. The highest BCUT2D eigenvalue weighted by Gasteiger charge is 2.16. The first-order valence-corrected chi connectivity index (χ1v) is 5.27. The molecule has 0 saturated heterocycles. The predicted octanol–water partition coefficient (Wildman–Crippen LogP) is 1.32. The van der Waals surface area contributed by atoms with Gasteiger partial charge in [-0.15, -0.1) is 0 Å². The molecular weight excluding hydrogens is 214 g/mol. The Bertz CT molecular complexity index is 607. The molecule has 0 fully saturated rings. The highest BCUT2D eigenvalue weighted by molar-refractivity contribution is 5.84. The smallest absolute Gasteiger partial charge is 0.166 e. The molecule has 1 aromatic heterocycles. The molecule has 5 nitrogen and oxygen atoms in total. The van der Waals surface area contributed by atoms with E-state index < -0.39 is 0 Å². The van der Waals surface area contributed by atoms with Crippen LogP contribution in [-0.4, -0.2) is 16.2 Å². The molecule has 2 aliphatic rings. The van der Waals surface area contributed by atoms with Gasteiger partial charge in [0.05, 0.1) is 17.6 Å². The van der Waals surface area contributed by atoms with E-state index in [-0.39, 0.29) is 11.6 Å². The summed E-state index contributed by atoms with van der Waals surface area (Å²) >= 11 is 0. The van der Waals surface area contributed by atoms with Crippen LogP contribution in [0, 0.1) is 0 Å². The molecule has 17 heavy (non-hydrogen) atoms. The van der Waals surface area contributed by atoms with Crippen molar-refractivity contribution >= 4 is 23.4 Å². The molecule has 0 unspecified atom stereocenters. The lowest BCUT2D eigenvalue weighted by Crippen LogP contribution is -2.04. The van der Waals surface area contributed by atoms with Gasteiger partial charge in [-0.05, 0) is 23.3 Å². The average molecular weight is 225 g/mol. The lowest BCUT2D eigenvalue weighted by atomic mass is 9.96. The topological polar surface area (TPSA) is 90.2 Å². The SMILES string of the molecule is Nc1ncc(C2=CC=C3N=CC=C3C2)nc1N. The minimum Gasteiger partial charge on any atom is -0.381 e. The molecule has 0 saturated carbocycles. The molecule has 0 amide bonds. The molecule has 0 spiro atoms. The Morgan fingerprint density at radius 2 is 1.88 bits per heavy atom. The van der Waals surface area contributed by atoms with Crippen LogP contribution in [0.25, 0.3) is 5.57 Å². The molecule has 4 N–H and O–H groups in total. The van der Waals surface area contributed by atoms with E-state index in [9.17, 15) is 0 Å². The second kappa shape index (κ2) is 3.55. The van der Waals surface area contributed by atoms with Gasteiger partial charge in [0.1, 0.15) is 0 Å². The molecular formula is C12H11N5. The Labute approximate surface area is 98.3 Å². The summed E-state index contributed by atoms with van der Waals surface area (Å²) in [7, 11) is 0. The quantitative estimate of drug-likeness (QED) is 0.754. The summed E-state index contributed by atoms with van der Waals surface area (Å²) < 4.78 is 0. The minimum atomic E-state index is 0.268. The van der Waals surface area contributed by atoms with Crippen LogP contribution in [0.15, 0.2) is 40.7 Å². The van der Waals surface area contributed by atoms with Gasteiger partial charge in [-0.1, -0.05) is 6.08 Å². The third-order valence-electron chi connectivity index (χ3n) is 2.80. The fourth-order valence-corrected chi connectivity index (χ4v) is 1.86. The molecule has 0 bridgehead atoms. The van der Waals surface area contributed by atoms with E-state index in [1.807, 2.05) is 18.2 Å². The van der Waals surface area contributed by atoms with E-state index in [1.165, 1.54) is 5.57 Å². The number of aromatic nitrogens is 2. The van der Waals surface area contributed by atoms with E-state index in [0.717, 1.165) is 23.4 Å². The zero-order valence-corrected chi connectivity index (χ0v) is 9.09. The van der Waals surface area contributed by atoms with E-state index in [2.05, 4.69) is 15.0 Å². The second-order valence-corrected chi connectivity index (χ2v) is 3.92. The van der Waals surface area contributed by atoms with Crippen molar-refractivity contribution < 1.29 is 0 Å². The maximum Gasteiger partial charge on any atom is 0.166 e. The summed E-state index contributed by atoms with van der Waals surface area (Å²) in [6.07, 6.45) is 10.2. The number of nitrogen functional groups attached to an aromatic ring is 2. The van der Waals surface area contributed by atoms with Crippen LogP contribution < -0.4 is 11.5 Å². The van der Waals surface area contributed by atoms with Crippen molar-refractivity contribution in [2.24, 2.45) is 4.99 Å². The molecule has 0 radical (unpaired) electrons. The number of allylic oxidation sites excluding steroid dienone is 5. The number of fused-ring (bicyclic) bond motifs is 1. The molecule has 2 heterocycles. The van der Waals surface area contributed by atoms with Crippen LogP contribution in [0.3, 0.4) is 0 Å². The highest BCUT2D eigenvalue weighted by Crippen LogP contribution is 2.32. The van der Waals surface area contributed by atoms with E-state index in [4.69, 9.17) is 11.5 Å².